The molecule has 26 heavy (non-hydrogen) atoms. The summed E-state index contributed by atoms with van der Waals surface area (Å²) in [6.45, 7) is 6.25. The number of nitrogens with one attached hydrogen (secondary N) is 1. The first-order valence-electron chi connectivity index (χ1n) is 8.64. The maximum atomic E-state index is 12.4. The maximum Gasteiger partial charge on any atom is 0.251 e. The van der Waals surface area contributed by atoms with Crippen molar-refractivity contribution in [3.8, 4) is 0 Å². The fourth-order valence-corrected chi connectivity index (χ4v) is 4.13. The normalized spacial score (nSPS) is 15.1. The van der Waals surface area contributed by atoms with Crippen LogP contribution in [0.1, 0.15) is 24.2 Å². The van der Waals surface area contributed by atoms with Gasteiger partial charge in [0.25, 0.3) is 5.91 Å². The van der Waals surface area contributed by atoms with Crippen LogP contribution < -0.4 is 5.32 Å². The second-order valence-electron chi connectivity index (χ2n) is 5.79. The second-order valence-corrected chi connectivity index (χ2v) is 7.73. The summed E-state index contributed by atoms with van der Waals surface area (Å²) in [5, 5.41) is 2.57. The van der Waals surface area contributed by atoms with Gasteiger partial charge in [0.05, 0.1) is 24.7 Å². The zero-order valence-corrected chi connectivity index (χ0v) is 15.9. The Balaban J connectivity index is 1.97. The van der Waals surface area contributed by atoms with Crippen molar-refractivity contribution < 1.29 is 22.7 Å². The van der Waals surface area contributed by atoms with Crippen LogP contribution >= 0.6 is 0 Å². The second kappa shape index (κ2) is 9.11. The molecule has 1 aliphatic rings. The Hall–Kier alpha value is -1.97. The molecule has 1 aromatic rings. The first-order valence-corrected chi connectivity index (χ1v) is 10.1. The third-order valence-electron chi connectivity index (χ3n) is 4.22. The Kier molecular flexibility index (Phi) is 7.13. The maximum absolute atomic E-state index is 12.4. The van der Waals surface area contributed by atoms with E-state index in [2.05, 4.69) is 5.32 Å². The molecule has 0 aromatic heterocycles. The Morgan fingerprint density at radius 1 is 1.12 bits per heavy atom. The summed E-state index contributed by atoms with van der Waals surface area (Å²) >= 11 is 0. The van der Waals surface area contributed by atoms with Crippen LogP contribution in [0.3, 0.4) is 0 Å². The third-order valence-corrected chi connectivity index (χ3v) is 6.29. The molecule has 0 saturated carbocycles. The topological polar surface area (TPSA) is 96.0 Å². The molecule has 1 fully saturated rings. The molecule has 9 heteroatoms. The molecule has 8 nitrogen and oxygen atoms in total. The monoisotopic (exact) mass is 383 g/mol. The lowest BCUT2D eigenvalue weighted by molar-refractivity contribution is -0.134. The summed E-state index contributed by atoms with van der Waals surface area (Å²) in [4.78, 5) is 26.0. The van der Waals surface area contributed by atoms with Gasteiger partial charge < -0.3 is 15.0 Å². The fraction of sp³-hybridized carbons (Fsp3) is 0.529. The summed E-state index contributed by atoms with van der Waals surface area (Å²) in [6, 6.07) is 5.72. The SMILES string of the molecule is CCN(CC)S(=O)(=O)c1ccc(C(=O)NCC(=O)N2CCOCC2)cc1. The molecule has 0 aliphatic carbocycles. The van der Waals surface area contributed by atoms with Gasteiger partial charge in [-0.3, -0.25) is 9.59 Å². The molecule has 1 N–H and O–H groups in total. The van der Waals surface area contributed by atoms with E-state index in [0.29, 0.717) is 45.0 Å². The highest BCUT2D eigenvalue weighted by Crippen LogP contribution is 2.16. The number of ether oxygens (including phenoxy) is 1. The Morgan fingerprint density at radius 3 is 2.23 bits per heavy atom. The van der Waals surface area contributed by atoms with Gasteiger partial charge in [-0.05, 0) is 24.3 Å². The van der Waals surface area contributed by atoms with Gasteiger partial charge in [0, 0.05) is 31.7 Å². The minimum absolute atomic E-state index is 0.0989. The van der Waals surface area contributed by atoms with Gasteiger partial charge in [-0.2, -0.15) is 4.31 Å². The number of nitrogens with zero attached hydrogens (tertiary/aromatic N) is 2. The zero-order valence-electron chi connectivity index (χ0n) is 15.1. The van der Waals surface area contributed by atoms with Crippen LogP contribution in [0.5, 0.6) is 0 Å². The van der Waals surface area contributed by atoms with E-state index < -0.39 is 15.9 Å². The molecule has 0 radical (unpaired) electrons. The molecule has 0 bridgehead atoms. The quantitative estimate of drug-likeness (QED) is 0.731. The van der Waals surface area contributed by atoms with Crippen molar-refractivity contribution in [2.24, 2.45) is 0 Å². The van der Waals surface area contributed by atoms with Crippen LogP contribution in [0.4, 0.5) is 0 Å². The highest BCUT2D eigenvalue weighted by molar-refractivity contribution is 7.89. The number of amides is 2. The summed E-state index contributed by atoms with van der Waals surface area (Å²) in [5.41, 5.74) is 0.304. The van der Waals surface area contributed by atoms with Crippen LogP contribution in [0, 0.1) is 0 Å². The van der Waals surface area contributed by atoms with Gasteiger partial charge in [0.2, 0.25) is 15.9 Å². The summed E-state index contributed by atoms with van der Waals surface area (Å²) < 4.78 is 31.4. The van der Waals surface area contributed by atoms with E-state index >= 15 is 0 Å². The average Bonchev–Trinajstić information content (AvgIpc) is 2.67. The summed E-state index contributed by atoms with van der Waals surface area (Å²) in [6.07, 6.45) is 0. The largest absolute Gasteiger partial charge is 0.378 e. The van der Waals surface area contributed by atoms with Gasteiger partial charge in [-0.25, -0.2) is 8.42 Å². The van der Waals surface area contributed by atoms with E-state index in [9.17, 15) is 18.0 Å². The van der Waals surface area contributed by atoms with Crippen LogP contribution in [0.15, 0.2) is 29.2 Å². The van der Waals surface area contributed by atoms with E-state index in [1.165, 1.54) is 28.6 Å². The number of sulfonamides is 1. The molecular formula is C17H25N3O5S. The van der Waals surface area contributed by atoms with Crippen molar-refractivity contribution in [1.82, 2.24) is 14.5 Å². The lowest BCUT2D eigenvalue weighted by Gasteiger charge is -2.26. The van der Waals surface area contributed by atoms with Crippen LogP contribution in [-0.4, -0.2) is 75.4 Å². The van der Waals surface area contributed by atoms with E-state index in [1.807, 2.05) is 0 Å². The van der Waals surface area contributed by atoms with Gasteiger partial charge in [-0.1, -0.05) is 13.8 Å². The highest BCUT2D eigenvalue weighted by atomic mass is 32.2. The van der Waals surface area contributed by atoms with Gasteiger partial charge >= 0.3 is 0 Å². The molecule has 0 atom stereocenters. The highest BCUT2D eigenvalue weighted by Gasteiger charge is 2.22. The van der Waals surface area contributed by atoms with E-state index in [1.54, 1.807) is 18.7 Å². The molecule has 2 amide bonds. The number of morpholine rings is 1. The summed E-state index contributed by atoms with van der Waals surface area (Å²) in [7, 11) is -3.55. The van der Waals surface area contributed by atoms with Crippen molar-refractivity contribution in [3.63, 3.8) is 0 Å². The number of hydrogen-bond acceptors (Lipinski definition) is 5. The van der Waals surface area contributed by atoms with Crippen molar-refractivity contribution in [1.29, 1.82) is 0 Å². The van der Waals surface area contributed by atoms with Crippen molar-refractivity contribution in [3.05, 3.63) is 29.8 Å². The lowest BCUT2D eigenvalue weighted by atomic mass is 10.2. The first kappa shape index (κ1) is 20.3. The summed E-state index contributed by atoms with van der Waals surface area (Å²) in [5.74, 6) is -0.583. The Morgan fingerprint density at radius 2 is 1.69 bits per heavy atom. The Bertz CT molecular complexity index is 723. The number of carbonyl (C=O) groups excluding carboxylic acids is 2. The number of rotatable bonds is 7. The van der Waals surface area contributed by atoms with Crippen molar-refractivity contribution >= 4 is 21.8 Å². The minimum Gasteiger partial charge on any atom is -0.378 e. The van der Waals surface area contributed by atoms with Gasteiger partial charge in [-0.15, -0.1) is 0 Å². The number of benzene rings is 1. The molecule has 1 saturated heterocycles. The number of carbonyl (C=O) groups is 2. The molecule has 1 aliphatic heterocycles. The molecule has 1 heterocycles. The molecular weight excluding hydrogens is 358 g/mol. The van der Waals surface area contributed by atoms with Gasteiger partial charge in [0.15, 0.2) is 0 Å². The van der Waals surface area contributed by atoms with E-state index in [-0.39, 0.29) is 17.3 Å². The van der Waals surface area contributed by atoms with Crippen LogP contribution in [-0.2, 0) is 19.6 Å². The predicted octanol–water partition coefficient (Wildman–Crippen LogP) is 0.306. The molecule has 144 valence electrons. The van der Waals surface area contributed by atoms with E-state index in [4.69, 9.17) is 4.74 Å². The van der Waals surface area contributed by atoms with Crippen LogP contribution in [0.25, 0.3) is 0 Å². The van der Waals surface area contributed by atoms with Gasteiger partial charge in [0.1, 0.15) is 0 Å². The van der Waals surface area contributed by atoms with E-state index in [0.717, 1.165) is 0 Å². The molecule has 1 aromatic carbocycles. The predicted molar refractivity (Wildman–Crippen MR) is 96.3 cm³/mol. The first-order chi connectivity index (χ1) is 12.4. The zero-order chi connectivity index (χ0) is 19.2. The average molecular weight is 383 g/mol. The third kappa shape index (κ3) is 4.80. The molecule has 0 spiro atoms. The van der Waals surface area contributed by atoms with Crippen molar-refractivity contribution in [2.75, 3.05) is 45.9 Å². The number of hydrogen-bond donors (Lipinski definition) is 1. The molecule has 2 rings (SSSR count). The van der Waals surface area contributed by atoms with Crippen LogP contribution in [0.2, 0.25) is 0 Å². The smallest absolute Gasteiger partial charge is 0.251 e. The van der Waals surface area contributed by atoms with Crippen molar-refractivity contribution in [2.45, 2.75) is 18.7 Å². The standard InChI is InChI=1S/C17H25N3O5S/c1-3-20(4-2)26(23,24)15-7-5-14(6-8-15)17(22)18-13-16(21)19-9-11-25-12-10-19/h5-8H,3-4,9-13H2,1-2H3,(H,18,22). The molecule has 0 unspecified atom stereocenters. The fourth-order valence-electron chi connectivity index (χ4n) is 2.67. The lowest BCUT2D eigenvalue weighted by Crippen LogP contribution is -2.45. The Labute approximate surface area is 154 Å². The minimum atomic E-state index is -3.55.